The maximum atomic E-state index is 11.9. The quantitative estimate of drug-likeness (QED) is 0.773. The highest BCUT2D eigenvalue weighted by Gasteiger charge is 2.33. The van der Waals surface area contributed by atoms with Crippen LogP contribution in [0.4, 0.5) is 0 Å². The summed E-state index contributed by atoms with van der Waals surface area (Å²) < 4.78 is 15.3. The number of amides is 2. The Morgan fingerprint density at radius 1 is 1.24 bits per heavy atom. The van der Waals surface area contributed by atoms with Gasteiger partial charge in [0.25, 0.3) is 17.9 Å². The molecule has 1 aliphatic heterocycles. The summed E-state index contributed by atoms with van der Waals surface area (Å²) in [5, 5.41) is 2.53. The summed E-state index contributed by atoms with van der Waals surface area (Å²) in [4.78, 5) is 27.6. The average molecular weight is 292 g/mol. The molecule has 1 unspecified atom stereocenters. The second kappa shape index (κ2) is 6.85. The molecule has 2 rings (SSSR count). The number of carbonyl (C=O) groups is 2. The Labute approximate surface area is 121 Å². The normalized spacial score (nSPS) is 18.0. The first-order valence-corrected chi connectivity index (χ1v) is 6.36. The Morgan fingerprint density at radius 2 is 2.00 bits per heavy atom. The molecule has 1 aliphatic rings. The number of rotatable bonds is 6. The molecule has 21 heavy (non-hydrogen) atoms. The first-order valence-electron chi connectivity index (χ1n) is 6.36. The van der Waals surface area contributed by atoms with Crippen molar-refractivity contribution in [1.82, 2.24) is 5.32 Å². The first-order chi connectivity index (χ1) is 10.1. The maximum absolute atomic E-state index is 11.9. The molecule has 1 N–H and O–H groups in total. The Bertz CT molecular complexity index is 570. The van der Waals surface area contributed by atoms with Crippen LogP contribution in [0, 0.1) is 0 Å². The minimum absolute atomic E-state index is 0.289. The highest BCUT2D eigenvalue weighted by atomic mass is 16.5. The van der Waals surface area contributed by atoms with Crippen molar-refractivity contribution in [2.75, 3.05) is 20.8 Å². The Balaban J connectivity index is 2.08. The molecule has 0 bridgehead atoms. The minimum Gasteiger partial charge on any atom is -0.497 e. The molecular weight excluding hydrogens is 276 g/mol. The van der Waals surface area contributed by atoms with Crippen molar-refractivity contribution in [1.29, 1.82) is 0 Å². The third-order valence-corrected chi connectivity index (χ3v) is 2.81. The van der Waals surface area contributed by atoms with Gasteiger partial charge in [-0.3, -0.25) is 9.59 Å². The monoisotopic (exact) mass is 292 g/mol. The number of amidine groups is 1. The Kier molecular flexibility index (Phi) is 4.89. The molecule has 0 aromatic heterocycles. The summed E-state index contributed by atoms with van der Waals surface area (Å²) in [7, 11) is 3.05. The van der Waals surface area contributed by atoms with Gasteiger partial charge in [0.1, 0.15) is 17.3 Å². The SMILES string of the molecule is COCCC1=NC(=O)C(Oc2cccc(OC)c2)C(=O)N1. The van der Waals surface area contributed by atoms with Gasteiger partial charge in [0.2, 0.25) is 0 Å². The highest BCUT2D eigenvalue weighted by Crippen LogP contribution is 2.20. The van der Waals surface area contributed by atoms with Gasteiger partial charge in [0.15, 0.2) is 0 Å². The van der Waals surface area contributed by atoms with Gasteiger partial charge in [-0.15, -0.1) is 0 Å². The van der Waals surface area contributed by atoms with Crippen molar-refractivity contribution in [2.45, 2.75) is 12.5 Å². The van der Waals surface area contributed by atoms with Crippen molar-refractivity contribution in [2.24, 2.45) is 4.99 Å². The van der Waals surface area contributed by atoms with E-state index >= 15 is 0 Å². The van der Waals surface area contributed by atoms with E-state index in [9.17, 15) is 9.59 Å². The van der Waals surface area contributed by atoms with Crippen LogP contribution in [0.3, 0.4) is 0 Å². The number of carbonyl (C=O) groups excluding carboxylic acids is 2. The average Bonchev–Trinajstić information content (AvgIpc) is 2.49. The molecule has 0 spiro atoms. The molecule has 0 fully saturated rings. The molecular formula is C14H16N2O5. The molecule has 0 radical (unpaired) electrons. The van der Waals surface area contributed by atoms with Crippen LogP contribution in [0.25, 0.3) is 0 Å². The number of benzene rings is 1. The van der Waals surface area contributed by atoms with Gasteiger partial charge in [0.05, 0.1) is 13.7 Å². The number of hydrogen-bond acceptors (Lipinski definition) is 5. The number of methoxy groups -OCH3 is 2. The predicted molar refractivity (Wildman–Crippen MR) is 74.5 cm³/mol. The zero-order chi connectivity index (χ0) is 15.2. The van der Waals surface area contributed by atoms with E-state index in [1.54, 1.807) is 24.3 Å². The topological polar surface area (TPSA) is 86.2 Å². The molecule has 1 aromatic rings. The second-order valence-corrected chi connectivity index (χ2v) is 4.31. The van der Waals surface area contributed by atoms with Gasteiger partial charge >= 0.3 is 0 Å². The van der Waals surface area contributed by atoms with Crippen LogP contribution in [-0.4, -0.2) is 44.6 Å². The van der Waals surface area contributed by atoms with Crippen molar-refractivity contribution in [3.63, 3.8) is 0 Å². The Hall–Kier alpha value is -2.41. The molecule has 1 aromatic carbocycles. The van der Waals surface area contributed by atoms with Gasteiger partial charge in [0, 0.05) is 19.6 Å². The van der Waals surface area contributed by atoms with Crippen molar-refractivity contribution in [3.8, 4) is 11.5 Å². The van der Waals surface area contributed by atoms with E-state index < -0.39 is 17.9 Å². The highest BCUT2D eigenvalue weighted by molar-refractivity contribution is 6.17. The van der Waals surface area contributed by atoms with Gasteiger partial charge in [-0.25, -0.2) is 0 Å². The van der Waals surface area contributed by atoms with Crippen LogP contribution in [0.5, 0.6) is 11.5 Å². The van der Waals surface area contributed by atoms with E-state index in [-0.39, 0.29) is 5.84 Å². The van der Waals surface area contributed by atoms with Crippen LogP contribution >= 0.6 is 0 Å². The largest absolute Gasteiger partial charge is 0.497 e. The van der Waals surface area contributed by atoms with Gasteiger partial charge < -0.3 is 19.5 Å². The molecule has 7 heteroatoms. The van der Waals surface area contributed by atoms with E-state index in [0.29, 0.717) is 24.5 Å². The number of aliphatic imine (C=N–C) groups is 1. The lowest BCUT2D eigenvalue weighted by atomic mass is 10.2. The predicted octanol–water partition coefficient (Wildman–Crippen LogP) is 0.534. The van der Waals surface area contributed by atoms with E-state index in [2.05, 4.69) is 10.3 Å². The first kappa shape index (κ1) is 15.0. The number of hydrogen-bond donors (Lipinski definition) is 1. The standard InChI is InChI=1S/C14H16N2O5/c1-19-7-6-11-15-13(17)12(14(18)16-11)21-10-5-3-4-9(8-10)20-2/h3-5,8,12H,6-7H2,1-2H3,(H,15,16,17,18). The molecule has 1 heterocycles. The minimum atomic E-state index is -1.29. The van der Waals surface area contributed by atoms with Gasteiger partial charge in [-0.1, -0.05) is 6.07 Å². The van der Waals surface area contributed by atoms with E-state index in [1.165, 1.54) is 14.2 Å². The summed E-state index contributed by atoms with van der Waals surface area (Å²) in [5.41, 5.74) is 0. The van der Waals surface area contributed by atoms with Crippen molar-refractivity contribution >= 4 is 17.6 Å². The fourth-order valence-corrected chi connectivity index (χ4v) is 1.77. The molecule has 2 amide bonds. The summed E-state index contributed by atoms with van der Waals surface area (Å²) in [6, 6.07) is 6.65. The molecule has 7 nitrogen and oxygen atoms in total. The number of nitrogens with one attached hydrogen (secondary N) is 1. The van der Waals surface area contributed by atoms with Crippen LogP contribution in [0.1, 0.15) is 6.42 Å². The van der Waals surface area contributed by atoms with Crippen molar-refractivity contribution in [3.05, 3.63) is 24.3 Å². The summed E-state index contributed by atoms with van der Waals surface area (Å²) in [5.74, 6) is 0.0489. The van der Waals surface area contributed by atoms with Crippen molar-refractivity contribution < 1.29 is 23.8 Å². The van der Waals surface area contributed by atoms with Crippen LogP contribution in [-0.2, 0) is 14.3 Å². The molecule has 1 atom stereocenters. The fourth-order valence-electron chi connectivity index (χ4n) is 1.77. The van der Waals surface area contributed by atoms with E-state index in [0.717, 1.165) is 0 Å². The molecule has 0 aliphatic carbocycles. The van der Waals surface area contributed by atoms with Crippen LogP contribution in [0.2, 0.25) is 0 Å². The summed E-state index contributed by atoms with van der Waals surface area (Å²) in [6.07, 6.45) is -0.928. The number of ether oxygens (including phenoxy) is 3. The lowest BCUT2D eigenvalue weighted by Crippen LogP contribution is -2.50. The van der Waals surface area contributed by atoms with Gasteiger partial charge in [-0.2, -0.15) is 4.99 Å². The van der Waals surface area contributed by atoms with E-state index in [4.69, 9.17) is 14.2 Å². The summed E-state index contributed by atoms with van der Waals surface area (Å²) >= 11 is 0. The maximum Gasteiger partial charge on any atom is 0.298 e. The Morgan fingerprint density at radius 3 is 2.67 bits per heavy atom. The molecule has 0 saturated heterocycles. The lowest BCUT2D eigenvalue weighted by molar-refractivity contribution is -0.137. The van der Waals surface area contributed by atoms with Gasteiger partial charge in [-0.05, 0) is 12.1 Å². The molecule has 0 saturated carbocycles. The number of nitrogens with zero attached hydrogens (tertiary/aromatic N) is 1. The smallest absolute Gasteiger partial charge is 0.298 e. The van der Waals surface area contributed by atoms with Crippen LogP contribution in [0.15, 0.2) is 29.3 Å². The van der Waals surface area contributed by atoms with Crippen LogP contribution < -0.4 is 14.8 Å². The lowest BCUT2D eigenvalue weighted by Gasteiger charge is -2.21. The van der Waals surface area contributed by atoms with E-state index in [1.807, 2.05) is 0 Å². The zero-order valence-corrected chi connectivity index (χ0v) is 11.8. The zero-order valence-electron chi connectivity index (χ0n) is 11.8. The second-order valence-electron chi connectivity index (χ2n) is 4.31. The fraction of sp³-hybridized carbons (Fsp3) is 0.357. The molecule has 112 valence electrons. The third-order valence-electron chi connectivity index (χ3n) is 2.81. The summed E-state index contributed by atoms with van der Waals surface area (Å²) in [6.45, 7) is 0.369. The third kappa shape index (κ3) is 3.79.